The van der Waals surface area contributed by atoms with Crippen molar-refractivity contribution in [3.8, 4) is 17.1 Å². The lowest BCUT2D eigenvalue weighted by atomic mass is 10.2. The van der Waals surface area contributed by atoms with Gasteiger partial charge < -0.3 is 14.8 Å². The third-order valence-electron chi connectivity index (χ3n) is 4.26. The van der Waals surface area contributed by atoms with Gasteiger partial charge in [-0.1, -0.05) is 30.0 Å². The Hall–Kier alpha value is -2.32. The Kier molecular flexibility index (Phi) is 6.89. The number of carbonyl (C=O) groups is 1. The minimum atomic E-state index is -0.0394. The molecule has 1 aromatic heterocycles. The van der Waals surface area contributed by atoms with Gasteiger partial charge in [-0.15, -0.1) is 16.8 Å². The summed E-state index contributed by atoms with van der Waals surface area (Å²) < 4.78 is 12.9. The van der Waals surface area contributed by atoms with E-state index in [1.54, 1.807) is 13.2 Å². The van der Waals surface area contributed by atoms with Crippen LogP contribution in [-0.4, -0.2) is 52.8 Å². The summed E-state index contributed by atoms with van der Waals surface area (Å²) in [6.07, 6.45) is 3.99. The summed E-state index contributed by atoms with van der Waals surface area (Å²) in [4.78, 5) is 12.1. The van der Waals surface area contributed by atoms with Crippen LogP contribution in [0.5, 0.6) is 5.75 Å². The van der Waals surface area contributed by atoms with Crippen LogP contribution in [0.25, 0.3) is 11.4 Å². The van der Waals surface area contributed by atoms with Crippen molar-refractivity contribution in [1.29, 1.82) is 0 Å². The zero-order valence-corrected chi connectivity index (χ0v) is 16.2. The van der Waals surface area contributed by atoms with Crippen molar-refractivity contribution in [2.45, 2.75) is 30.6 Å². The Morgan fingerprint density at radius 3 is 3.07 bits per heavy atom. The van der Waals surface area contributed by atoms with E-state index in [1.165, 1.54) is 11.8 Å². The Labute approximate surface area is 163 Å². The number of hydrogen-bond donors (Lipinski definition) is 1. The van der Waals surface area contributed by atoms with Gasteiger partial charge in [-0.25, -0.2) is 0 Å². The number of rotatable bonds is 9. The quantitative estimate of drug-likeness (QED) is 0.525. The maximum Gasteiger partial charge on any atom is 0.230 e. The molecule has 1 aromatic carbocycles. The third kappa shape index (κ3) is 4.90. The lowest BCUT2D eigenvalue weighted by molar-refractivity contribution is -0.119. The van der Waals surface area contributed by atoms with Crippen molar-refractivity contribution in [1.82, 2.24) is 20.1 Å². The maximum absolute atomic E-state index is 12.1. The van der Waals surface area contributed by atoms with E-state index in [0.717, 1.165) is 30.8 Å². The highest BCUT2D eigenvalue weighted by Crippen LogP contribution is 2.30. The average molecular weight is 388 g/mol. The molecule has 1 amide bonds. The van der Waals surface area contributed by atoms with E-state index in [4.69, 9.17) is 9.47 Å². The molecular formula is C19H24N4O3S. The first-order valence-corrected chi connectivity index (χ1v) is 9.90. The fourth-order valence-corrected chi connectivity index (χ4v) is 3.71. The SMILES string of the molecule is C=CCn1c(SCC(=O)NC[C@@H]2CCCO2)nnc1-c1ccccc1OC. The predicted octanol–water partition coefficient (Wildman–Crippen LogP) is 2.53. The number of methoxy groups -OCH3 is 1. The second kappa shape index (κ2) is 9.57. The summed E-state index contributed by atoms with van der Waals surface area (Å²) in [5, 5.41) is 12.2. The molecular weight excluding hydrogens is 364 g/mol. The third-order valence-corrected chi connectivity index (χ3v) is 5.23. The van der Waals surface area contributed by atoms with Gasteiger partial charge in [-0.05, 0) is 25.0 Å². The molecule has 0 saturated carbocycles. The monoisotopic (exact) mass is 388 g/mol. The number of allylic oxidation sites excluding steroid dienone is 1. The number of thioether (sulfide) groups is 1. The van der Waals surface area contributed by atoms with Gasteiger partial charge in [0.25, 0.3) is 0 Å². The number of nitrogens with zero attached hydrogens (tertiary/aromatic N) is 3. The van der Waals surface area contributed by atoms with Crippen LogP contribution >= 0.6 is 11.8 Å². The first-order chi connectivity index (χ1) is 13.2. The van der Waals surface area contributed by atoms with E-state index in [9.17, 15) is 4.79 Å². The van der Waals surface area contributed by atoms with Crippen LogP contribution < -0.4 is 10.1 Å². The molecule has 1 fully saturated rings. The molecule has 0 aliphatic carbocycles. The van der Waals surface area contributed by atoms with Crippen LogP contribution in [0, 0.1) is 0 Å². The first-order valence-electron chi connectivity index (χ1n) is 8.91. The lowest BCUT2D eigenvalue weighted by Crippen LogP contribution is -2.32. The van der Waals surface area contributed by atoms with Crippen molar-refractivity contribution < 1.29 is 14.3 Å². The minimum Gasteiger partial charge on any atom is -0.496 e. The highest BCUT2D eigenvalue weighted by molar-refractivity contribution is 7.99. The maximum atomic E-state index is 12.1. The van der Waals surface area contributed by atoms with E-state index < -0.39 is 0 Å². The van der Waals surface area contributed by atoms with Crippen molar-refractivity contribution in [3.05, 3.63) is 36.9 Å². The van der Waals surface area contributed by atoms with Crippen LogP contribution in [0.4, 0.5) is 0 Å². The van der Waals surface area contributed by atoms with Crippen molar-refractivity contribution in [3.63, 3.8) is 0 Å². The fourth-order valence-electron chi connectivity index (χ4n) is 2.93. The normalized spacial score (nSPS) is 16.3. The van der Waals surface area contributed by atoms with E-state index in [0.29, 0.717) is 24.1 Å². The number of carbonyl (C=O) groups excluding carboxylic acids is 1. The number of nitrogens with one attached hydrogen (secondary N) is 1. The first kappa shape index (κ1) is 19.4. The Morgan fingerprint density at radius 1 is 1.48 bits per heavy atom. The lowest BCUT2D eigenvalue weighted by Gasteiger charge is -2.11. The Bertz CT molecular complexity index is 787. The highest BCUT2D eigenvalue weighted by atomic mass is 32.2. The van der Waals surface area contributed by atoms with Crippen molar-refractivity contribution >= 4 is 17.7 Å². The Morgan fingerprint density at radius 2 is 2.33 bits per heavy atom. The molecule has 1 aliphatic heterocycles. The molecule has 2 aromatic rings. The molecule has 1 atom stereocenters. The molecule has 2 heterocycles. The van der Waals surface area contributed by atoms with Crippen LogP contribution in [0.15, 0.2) is 42.1 Å². The summed E-state index contributed by atoms with van der Waals surface area (Å²) >= 11 is 1.35. The Balaban J connectivity index is 1.67. The topological polar surface area (TPSA) is 78.3 Å². The molecule has 1 saturated heterocycles. The molecule has 0 bridgehead atoms. The molecule has 0 spiro atoms. The number of benzene rings is 1. The second-order valence-corrected chi connectivity index (χ2v) is 7.08. The molecule has 7 nitrogen and oxygen atoms in total. The molecule has 0 radical (unpaired) electrons. The minimum absolute atomic E-state index is 0.0394. The fraction of sp³-hybridized carbons (Fsp3) is 0.421. The molecule has 3 rings (SSSR count). The van der Waals surface area contributed by atoms with Crippen LogP contribution in [0.2, 0.25) is 0 Å². The van der Waals surface area contributed by atoms with Gasteiger partial charge in [0, 0.05) is 19.7 Å². The van der Waals surface area contributed by atoms with Gasteiger partial charge in [-0.2, -0.15) is 0 Å². The number of amides is 1. The number of aromatic nitrogens is 3. The van der Waals surface area contributed by atoms with E-state index in [-0.39, 0.29) is 17.8 Å². The highest BCUT2D eigenvalue weighted by Gasteiger charge is 2.19. The second-order valence-electron chi connectivity index (χ2n) is 6.13. The standard InChI is InChI=1S/C19H24N4O3S/c1-3-10-23-18(15-8-4-5-9-16(15)25-2)21-22-19(23)27-13-17(24)20-12-14-7-6-11-26-14/h3-5,8-9,14H,1,6-7,10-13H2,2H3,(H,20,24)/t14-/m0/s1. The molecule has 1 N–H and O–H groups in total. The van der Waals surface area contributed by atoms with Gasteiger partial charge in [0.2, 0.25) is 5.91 Å². The van der Waals surface area contributed by atoms with Crippen LogP contribution in [0.3, 0.4) is 0 Å². The summed E-state index contributed by atoms with van der Waals surface area (Å²) in [6.45, 7) is 5.70. The van der Waals surface area contributed by atoms with Gasteiger partial charge in [-0.3, -0.25) is 9.36 Å². The van der Waals surface area contributed by atoms with Gasteiger partial charge in [0.05, 0.1) is 24.5 Å². The molecule has 8 heteroatoms. The van der Waals surface area contributed by atoms with Crippen LogP contribution in [0.1, 0.15) is 12.8 Å². The van der Waals surface area contributed by atoms with Gasteiger partial charge in [0.1, 0.15) is 5.75 Å². The zero-order chi connectivity index (χ0) is 19.1. The molecule has 1 aliphatic rings. The number of hydrogen-bond acceptors (Lipinski definition) is 6. The number of para-hydroxylation sites is 1. The summed E-state index contributed by atoms with van der Waals surface area (Å²) in [5.41, 5.74) is 0.851. The van der Waals surface area contributed by atoms with Crippen LogP contribution in [-0.2, 0) is 16.1 Å². The molecule has 0 unspecified atom stereocenters. The van der Waals surface area contributed by atoms with E-state index in [1.807, 2.05) is 28.8 Å². The predicted molar refractivity (Wildman–Crippen MR) is 105 cm³/mol. The van der Waals surface area contributed by atoms with E-state index in [2.05, 4.69) is 22.1 Å². The molecule has 144 valence electrons. The summed E-state index contributed by atoms with van der Waals surface area (Å²) in [6, 6.07) is 7.65. The van der Waals surface area contributed by atoms with Crippen molar-refractivity contribution in [2.75, 3.05) is 26.0 Å². The average Bonchev–Trinajstić information content (AvgIpc) is 3.35. The summed E-state index contributed by atoms with van der Waals surface area (Å²) in [7, 11) is 1.63. The molecule has 27 heavy (non-hydrogen) atoms. The van der Waals surface area contributed by atoms with Gasteiger partial charge >= 0.3 is 0 Å². The van der Waals surface area contributed by atoms with E-state index >= 15 is 0 Å². The number of ether oxygens (including phenoxy) is 2. The smallest absolute Gasteiger partial charge is 0.230 e. The van der Waals surface area contributed by atoms with Crippen molar-refractivity contribution in [2.24, 2.45) is 0 Å². The largest absolute Gasteiger partial charge is 0.496 e. The van der Waals surface area contributed by atoms with Gasteiger partial charge in [0.15, 0.2) is 11.0 Å². The summed E-state index contributed by atoms with van der Waals surface area (Å²) in [5.74, 6) is 1.65. The zero-order valence-electron chi connectivity index (χ0n) is 15.4.